The fourth-order valence-electron chi connectivity index (χ4n) is 5.42. The predicted molar refractivity (Wildman–Crippen MR) is 167 cm³/mol. The number of benzene rings is 3. The number of hydrogen-bond acceptors (Lipinski definition) is 4. The Morgan fingerprint density at radius 3 is 2.02 bits per heavy atom. The molecule has 2 amide bonds. The fourth-order valence-corrected chi connectivity index (χ4v) is 5.42. The lowest BCUT2D eigenvalue weighted by molar-refractivity contribution is -0.138. The van der Waals surface area contributed by atoms with Crippen molar-refractivity contribution in [3.63, 3.8) is 0 Å². The molecule has 1 saturated heterocycles. The highest BCUT2D eigenvalue weighted by Gasteiger charge is 2.34. The summed E-state index contributed by atoms with van der Waals surface area (Å²) in [6.07, 6.45) is -1.07. The van der Waals surface area contributed by atoms with Crippen molar-refractivity contribution in [3.8, 4) is 0 Å². The van der Waals surface area contributed by atoms with Crippen LogP contribution in [0.4, 0.5) is 13.2 Å². The first-order chi connectivity index (χ1) is 21.8. The molecule has 0 spiro atoms. The molecule has 1 aromatic heterocycles. The van der Waals surface area contributed by atoms with E-state index in [1.807, 2.05) is 54.6 Å². The average molecular weight is 613 g/mol. The van der Waals surface area contributed by atoms with E-state index in [1.165, 1.54) is 23.8 Å². The number of nitrogens with one attached hydrogen (secondary N) is 1. The molecule has 1 fully saturated rings. The monoisotopic (exact) mass is 612 g/mol. The van der Waals surface area contributed by atoms with Gasteiger partial charge in [-0.2, -0.15) is 13.2 Å². The molecule has 232 valence electrons. The summed E-state index contributed by atoms with van der Waals surface area (Å²) in [5, 5.41) is 2.88. The molecule has 1 aliphatic rings. The van der Waals surface area contributed by atoms with Crippen LogP contribution >= 0.6 is 0 Å². The number of aromatic nitrogens is 1. The first-order valence-corrected chi connectivity index (χ1v) is 14.9. The van der Waals surface area contributed by atoms with Gasteiger partial charge in [-0.1, -0.05) is 78.9 Å². The van der Waals surface area contributed by atoms with Crippen molar-refractivity contribution in [2.24, 2.45) is 5.92 Å². The SMILES string of the molecule is O=C(NCc1ccccn1)C(=Cc1ccc(C(F)(F)F)cc1)[C@H](Cc1ccccc1)C(=O)N1CCN(Cc2ccccc2)CC1. The molecule has 0 radical (unpaired) electrons. The molecule has 0 unspecified atom stereocenters. The first kappa shape index (κ1) is 31.7. The van der Waals surface area contributed by atoms with E-state index in [9.17, 15) is 22.8 Å². The predicted octanol–water partition coefficient (Wildman–Crippen LogP) is 6.00. The van der Waals surface area contributed by atoms with E-state index < -0.39 is 23.6 Å². The van der Waals surface area contributed by atoms with Crippen LogP contribution in [0.15, 0.2) is 115 Å². The molecule has 0 saturated carbocycles. The molecule has 4 aromatic rings. The molecular weight excluding hydrogens is 577 g/mol. The zero-order valence-electron chi connectivity index (χ0n) is 24.8. The van der Waals surface area contributed by atoms with Gasteiger partial charge in [-0.05, 0) is 53.5 Å². The van der Waals surface area contributed by atoms with Crippen molar-refractivity contribution in [1.29, 1.82) is 0 Å². The highest BCUT2D eigenvalue weighted by Crippen LogP contribution is 2.30. The van der Waals surface area contributed by atoms with Crippen LogP contribution in [0.5, 0.6) is 0 Å². The van der Waals surface area contributed by atoms with Crippen LogP contribution in [0.1, 0.15) is 27.9 Å². The Balaban J connectivity index is 1.43. The van der Waals surface area contributed by atoms with Gasteiger partial charge in [0.05, 0.1) is 23.7 Å². The Morgan fingerprint density at radius 2 is 1.42 bits per heavy atom. The fraction of sp³-hybridized carbons (Fsp3) is 0.250. The molecule has 45 heavy (non-hydrogen) atoms. The van der Waals surface area contributed by atoms with Gasteiger partial charge in [-0.3, -0.25) is 19.5 Å². The number of hydrogen-bond donors (Lipinski definition) is 1. The first-order valence-electron chi connectivity index (χ1n) is 14.9. The van der Waals surface area contributed by atoms with Crippen molar-refractivity contribution in [2.75, 3.05) is 26.2 Å². The maximum absolute atomic E-state index is 14.3. The molecule has 0 bridgehead atoms. The van der Waals surface area contributed by atoms with Crippen LogP contribution < -0.4 is 5.32 Å². The number of carbonyl (C=O) groups is 2. The molecule has 3 aromatic carbocycles. The van der Waals surface area contributed by atoms with Gasteiger partial charge in [0.25, 0.3) is 0 Å². The van der Waals surface area contributed by atoms with Gasteiger partial charge in [0.2, 0.25) is 11.8 Å². The lowest BCUT2D eigenvalue weighted by Crippen LogP contribution is -2.51. The Labute approximate surface area is 261 Å². The maximum atomic E-state index is 14.3. The van der Waals surface area contributed by atoms with E-state index in [-0.39, 0.29) is 24.4 Å². The Hall–Kier alpha value is -4.76. The van der Waals surface area contributed by atoms with Gasteiger partial charge >= 0.3 is 6.18 Å². The molecule has 2 heterocycles. The van der Waals surface area contributed by atoms with E-state index in [4.69, 9.17) is 0 Å². The summed E-state index contributed by atoms with van der Waals surface area (Å²) < 4.78 is 39.8. The van der Waals surface area contributed by atoms with Crippen molar-refractivity contribution in [2.45, 2.75) is 25.7 Å². The van der Waals surface area contributed by atoms with Crippen LogP contribution in [0.3, 0.4) is 0 Å². The second kappa shape index (κ2) is 14.8. The Kier molecular flexibility index (Phi) is 10.4. The zero-order chi connectivity index (χ0) is 31.6. The van der Waals surface area contributed by atoms with Crippen LogP contribution in [0.2, 0.25) is 0 Å². The zero-order valence-corrected chi connectivity index (χ0v) is 24.8. The minimum absolute atomic E-state index is 0.133. The molecule has 0 aliphatic carbocycles. The van der Waals surface area contributed by atoms with Crippen LogP contribution in [0.25, 0.3) is 6.08 Å². The highest BCUT2D eigenvalue weighted by atomic mass is 19.4. The molecule has 9 heteroatoms. The topological polar surface area (TPSA) is 65.5 Å². The van der Waals surface area contributed by atoms with E-state index in [0.717, 1.165) is 24.2 Å². The molecular formula is C36H35F3N4O2. The third-order valence-electron chi connectivity index (χ3n) is 7.87. The minimum atomic E-state index is -4.49. The van der Waals surface area contributed by atoms with Crippen LogP contribution in [-0.2, 0) is 35.3 Å². The summed E-state index contributed by atoms with van der Waals surface area (Å²) in [4.78, 5) is 36.5. The summed E-state index contributed by atoms with van der Waals surface area (Å²) in [6, 6.07) is 29.6. The average Bonchev–Trinajstić information content (AvgIpc) is 3.06. The van der Waals surface area contributed by atoms with Gasteiger partial charge in [0.15, 0.2) is 0 Å². The summed E-state index contributed by atoms with van der Waals surface area (Å²) >= 11 is 0. The molecule has 1 aliphatic heterocycles. The van der Waals surface area contributed by atoms with E-state index in [0.29, 0.717) is 37.4 Å². The van der Waals surface area contributed by atoms with E-state index in [2.05, 4.69) is 27.3 Å². The van der Waals surface area contributed by atoms with Crippen molar-refractivity contribution in [1.82, 2.24) is 20.1 Å². The van der Waals surface area contributed by atoms with E-state index >= 15 is 0 Å². The number of nitrogens with zero attached hydrogens (tertiary/aromatic N) is 3. The second-order valence-electron chi connectivity index (χ2n) is 11.1. The summed E-state index contributed by atoms with van der Waals surface area (Å²) in [6.45, 7) is 3.28. The van der Waals surface area contributed by atoms with Crippen molar-refractivity contribution in [3.05, 3.63) is 143 Å². The number of halogens is 3. The van der Waals surface area contributed by atoms with Crippen LogP contribution in [0, 0.1) is 5.92 Å². The number of pyridine rings is 1. The molecule has 5 rings (SSSR count). The maximum Gasteiger partial charge on any atom is 0.416 e. The van der Waals surface area contributed by atoms with Crippen molar-refractivity contribution >= 4 is 17.9 Å². The van der Waals surface area contributed by atoms with Gasteiger partial charge in [0.1, 0.15) is 0 Å². The Bertz CT molecular complexity index is 1570. The van der Waals surface area contributed by atoms with Gasteiger partial charge in [0, 0.05) is 44.5 Å². The lowest BCUT2D eigenvalue weighted by atomic mass is 9.88. The lowest BCUT2D eigenvalue weighted by Gasteiger charge is -2.37. The smallest absolute Gasteiger partial charge is 0.347 e. The summed E-state index contributed by atoms with van der Waals surface area (Å²) in [5.74, 6) is -1.53. The number of piperazine rings is 1. The van der Waals surface area contributed by atoms with E-state index in [1.54, 1.807) is 23.2 Å². The van der Waals surface area contributed by atoms with Gasteiger partial charge < -0.3 is 10.2 Å². The van der Waals surface area contributed by atoms with Gasteiger partial charge in [-0.25, -0.2) is 0 Å². The third kappa shape index (κ3) is 8.89. The summed E-state index contributed by atoms with van der Waals surface area (Å²) in [5.41, 5.74) is 2.50. The largest absolute Gasteiger partial charge is 0.416 e. The Morgan fingerprint density at radius 1 is 0.800 bits per heavy atom. The second-order valence-corrected chi connectivity index (χ2v) is 11.1. The highest BCUT2D eigenvalue weighted by molar-refractivity contribution is 6.04. The normalized spacial score (nSPS) is 15.0. The molecule has 6 nitrogen and oxygen atoms in total. The number of alkyl halides is 3. The number of amides is 2. The number of rotatable bonds is 10. The van der Waals surface area contributed by atoms with Crippen LogP contribution in [-0.4, -0.2) is 52.8 Å². The standard InChI is InChI=1S/C36H35F3N4O2/c37-36(38,39)30-16-14-28(15-17-30)23-32(34(44)41-25-31-13-7-8-18-40-31)33(24-27-9-3-1-4-10-27)35(45)43-21-19-42(20-22-43)26-29-11-5-2-6-12-29/h1-18,23,33H,19-22,24-26H2,(H,41,44)/t33-/m0/s1. The van der Waals surface area contributed by atoms with Gasteiger partial charge in [-0.15, -0.1) is 0 Å². The summed E-state index contributed by atoms with van der Waals surface area (Å²) in [7, 11) is 0. The van der Waals surface area contributed by atoms with Crippen molar-refractivity contribution < 1.29 is 22.8 Å². The quantitative estimate of drug-likeness (QED) is 0.223. The number of carbonyl (C=O) groups excluding carboxylic acids is 2. The molecule has 1 atom stereocenters. The molecule has 1 N–H and O–H groups in total. The minimum Gasteiger partial charge on any atom is -0.347 e. The third-order valence-corrected chi connectivity index (χ3v) is 7.87.